The second-order valence-electron chi connectivity index (χ2n) is 5.68. The summed E-state index contributed by atoms with van der Waals surface area (Å²) in [6.45, 7) is 4.11. The minimum Gasteiger partial charge on any atom is -0.480 e. The zero-order valence-corrected chi connectivity index (χ0v) is 12.5. The SMILES string of the molecule is CCC(CC)c1cc(C(=O)NC2(C(=O)O)CCCC2)on1. The number of aromatic nitrogens is 1. The molecule has 1 aliphatic carbocycles. The second-order valence-corrected chi connectivity index (χ2v) is 5.68. The summed E-state index contributed by atoms with van der Waals surface area (Å²) in [6.07, 6.45) is 4.37. The van der Waals surface area contributed by atoms with Crippen LogP contribution in [0.3, 0.4) is 0 Å². The van der Waals surface area contributed by atoms with Crippen molar-refractivity contribution in [3.63, 3.8) is 0 Å². The van der Waals surface area contributed by atoms with Crippen LogP contribution in [0, 0.1) is 0 Å². The molecule has 1 fully saturated rings. The van der Waals surface area contributed by atoms with Crippen LogP contribution in [-0.2, 0) is 4.79 Å². The Bertz CT molecular complexity index is 513. The van der Waals surface area contributed by atoms with Gasteiger partial charge in [0.1, 0.15) is 5.54 Å². The van der Waals surface area contributed by atoms with Crippen molar-refractivity contribution >= 4 is 11.9 Å². The molecule has 6 heteroatoms. The molecule has 0 atom stereocenters. The number of hydrogen-bond donors (Lipinski definition) is 2. The smallest absolute Gasteiger partial charge is 0.329 e. The lowest BCUT2D eigenvalue weighted by atomic mass is 9.97. The van der Waals surface area contributed by atoms with Gasteiger partial charge in [0.25, 0.3) is 5.91 Å². The van der Waals surface area contributed by atoms with E-state index >= 15 is 0 Å². The van der Waals surface area contributed by atoms with E-state index in [0.717, 1.165) is 31.4 Å². The van der Waals surface area contributed by atoms with Crippen LogP contribution in [0.5, 0.6) is 0 Å². The molecule has 1 aliphatic rings. The highest BCUT2D eigenvalue weighted by molar-refractivity contribution is 5.95. The van der Waals surface area contributed by atoms with Gasteiger partial charge in [0.2, 0.25) is 5.76 Å². The Balaban J connectivity index is 2.12. The van der Waals surface area contributed by atoms with Gasteiger partial charge >= 0.3 is 5.97 Å². The number of carboxylic acid groups (broad SMARTS) is 1. The van der Waals surface area contributed by atoms with Gasteiger partial charge in [-0.3, -0.25) is 4.79 Å². The predicted molar refractivity (Wildman–Crippen MR) is 76.1 cm³/mol. The van der Waals surface area contributed by atoms with Gasteiger partial charge < -0.3 is 14.9 Å². The summed E-state index contributed by atoms with van der Waals surface area (Å²) in [5.74, 6) is -1.13. The lowest BCUT2D eigenvalue weighted by molar-refractivity contribution is -0.144. The van der Waals surface area contributed by atoms with Crippen LogP contribution in [0.15, 0.2) is 10.6 Å². The molecule has 0 radical (unpaired) electrons. The van der Waals surface area contributed by atoms with Crippen molar-refractivity contribution in [1.82, 2.24) is 10.5 Å². The maximum atomic E-state index is 12.2. The van der Waals surface area contributed by atoms with Crippen molar-refractivity contribution < 1.29 is 19.2 Å². The summed E-state index contributed by atoms with van der Waals surface area (Å²) in [6, 6.07) is 1.62. The van der Waals surface area contributed by atoms with Crippen molar-refractivity contribution in [3.8, 4) is 0 Å². The number of carbonyl (C=O) groups is 2. The van der Waals surface area contributed by atoms with Crippen LogP contribution in [0.2, 0.25) is 0 Å². The minimum absolute atomic E-state index is 0.0874. The first-order valence-corrected chi connectivity index (χ1v) is 7.55. The average Bonchev–Trinajstić information content (AvgIpc) is 3.10. The lowest BCUT2D eigenvalue weighted by Crippen LogP contribution is -2.52. The van der Waals surface area contributed by atoms with Crippen LogP contribution in [0.25, 0.3) is 0 Å². The normalized spacial score (nSPS) is 17.1. The molecule has 1 heterocycles. The number of amides is 1. The number of carboxylic acids is 1. The fourth-order valence-corrected chi connectivity index (χ4v) is 2.95. The largest absolute Gasteiger partial charge is 0.480 e. The first-order chi connectivity index (χ1) is 10.0. The molecule has 21 heavy (non-hydrogen) atoms. The van der Waals surface area contributed by atoms with Gasteiger partial charge in [0.05, 0.1) is 5.69 Å². The molecule has 1 amide bonds. The van der Waals surface area contributed by atoms with Crippen LogP contribution in [0.1, 0.15) is 74.5 Å². The van der Waals surface area contributed by atoms with E-state index in [-0.39, 0.29) is 11.7 Å². The molecule has 0 spiro atoms. The van der Waals surface area contributed by atoms with Crippen LogP contribution >= 0.6 is 0 Å². The monoisotopic (exact) mass is 294 g/mol. The molecule has 1 saturated carbocycles. The zero-order chi connectivity index (χ0) is 15.5. The third-order valence-electron chi connectivity index (χ3n) is 4.38. The molecule has 2 N–H and O–H groups in total. The van der Waals surface area contributed by atoms with E-state index in [1.54, 1.807) is 6.07 Å². The summed E-state index contributed by atoms with van der Waals surface area (Å²) in [5, 5.41) is 15.9. The number of nitrogens with one attached hydrogen (secondary N) is 1. The lowest BCUT2D eigenvalue weighted by Gasteiger charge is -2.24. The highest BCUT2D eigenvalue weighted by Gasteiger charge is 2.43. The van der Waals surface area contributed by atoms with Gasteiger partial charge in [-0.1, -0.05) is 31.8 Å². The molecule has 116 valence electrons. The average molecular weight is 294 g/mol. The molecule has 0 aromatic carbocycles. The summed E-state index contributed by atoms with van der Waals surface area (Å²) in [5.41, 5.74) is -0.403. The van der Waals surface area contributed by atoms with E-state index in [1.807, 2.05) is 0 Å². The zero-order valence-electron chi connectivity index (χ0n) is 12.5. The first kappa shape index (κ1) is 15.5. The maximum Gasteiger partial charge on any atom is 0.329 e. The van der Waals surface area contributed by atoms with Crippen molar-refractivity contribution in [2.24, 2.45) is 0 Å². The van der Waals surface area contributed by atoms with E-state index in [9.17, 15) is 14.7 Å². The first-order valence-electron chi connectivity index (χ1n) is 7.55. The number of rotatable bonds is 6. The van der Waals surface area contributed by atoms with Crippen LogP contribution in [0.4, 0.5) is 0 Å². The van der Waals surface area contributed by atoms with Gasteiger partial charge in [0, 0.05) is 12.0 Å². The molecular formula is C15H22N2O4. The van der Waals surface area contributed by atoms with E-state index in [2.05, 4.69) is 24.3 Å². The minimum atomic E-state index is -1.15. The molecule has 0 saturated heterocycles. The van der Waals surface area contributed by atoms with Gasteiger partial charge in [-0.25, -0.2) is 4.79 Å². The number of carbonyl (C=O) groups excluding carboxylic acids is 1. The Hall–Kier alpha value is -1.85. The highest BCUT2D eigenvalue weighted by Crippen LogP contribution is 2.30. The van der Waals surface area contributed by atoms with Crippen molar-refractivity contribution in [2.45, 2.75) is 63.8 Å². The molecule has 2 rings (SSSR count). The van der Waals surface area contributed by atoms with Gasteiger partial charge in [-0.2, -0.15) is 0 Å². The van der Waals surface area contributed by atoms with E-state index < -0.39 is 17.4 Å². The number of hydrogen-bond acceptors (Lipinski definition) is 4. The van der Waals surface area contributed by atoms with Crippen LogP contribution in [-0.4, -0.2) is 27.7 Å². The molecule has 0 bridgehead atoms. The van der Waals surface area contributed by atoms with Gasteiger partial charge in [0.15, 0.2) is 0 Å². The predicted octanol–water partition coefficient (Wildman–Crippen LogP) is 2.71. The van der Waals surface area contributed by atoms with Gasteiger partial charge in [-0.05, 0) is 25.7 Å². The molecular weight excluding hydrogens is 272 g/mol. The Morgan fingerprint density at radius 3 is 2.52 bits per heavy atom. The Morgan fingerprint density at radius 2 is 2.00 bits per heavy atom. The molecule has 6 nitrogen and oxygen atoms in total. The Labute approximate surface area is 123 Å². The summed E-state index contributed by atoms with van der Waals surface area (Å²) in [4.78, 5) is 23.7. The molecule has 1 aromatic heterocycles. The van der Waals surface area contributed by atoms with Crippen molar-refractivity contribution in [1.29, 1.82) is 0 Å². The van der Waals surface area contributed by atoms with E-state index in [1.165, 1.54) is 0 Å². The second kappa shape index (κ2) is 6.28. The third kappa shape index (κ3) is 3.09. The molecule has 1 aromatic rings. The fourth-order valence-electron chi connectivity index (χ4n) is 2.95. The van der Waals surface area contributed by atoms with Crippen molar-refractivity contribution in [3.05, 3.63) is 17.5 Å². The van der Waals surface area contributed by atoms with E-state index in [4.69, 9.17) is 4.52 Å². The topological polar surface area (TPSA) is 92.4 Å². The standard InChI is InChI=1S/C15H22N2O4/c1-3-10(4-2)11-9-12(21-17-11)13(18)16-15(14(19)20)7-5-6-8-15/h9-10H,3-8H2,1-2H3,(H,16,18)(H,19,20). The van der Waals surface area contributed by atoms with Gasteiger partial charge in [-0.15, -0.1) is 0 Å². The molecule has 0 aliphatic heterocycles. The van der Waals surface area contributed by atoms with Crippen molar-refractivity contribution in [2.75, 3.05) is 0 Å². The molecule has 0 unspecified atom stereocenters. The quantitative estimate of drug-likeness (QED) is 0.841. The number of aliphatic carboxylic acids is 1. The highest BCUT2D eigenvalue weighted by atomic mass is 16.5. The Kier molecular flexibility index (Phi) is 4.65. The Morgan fingerprint density at radius 1 is 1.38 bits per heavy atom. The van der Waals surface area contributed by atoms with E-state index in [0.29, 0.717) is 12.8 Å². The summed E-state index contributed by atoms with van der Waals surface area (Å²) >= 11 is 0. The number of nitrogens with zero attached hydrogens (tertiary/aromatic N) is 1. The fraction of sp³-hybridized carbons (Fsp3) is 0.667. The maximum absolute atomic E-state index is 12.2. The third-order valence-corrected chi connectivity index (χ3v) is 4.38. The summed E-state index contributed by atoms with van der Waals surface area (Å²) < 4.78 is 5.09. The van der Waals surface area contributed by atoms with Crippen LogP contribution < -0.4 is 5.32 Å². The summed E-state index contributed by atoms with van der Waals surface area (Å²) in [7, 11) is 0.